The Morgan fingerprint density at radius 3 is 2.68 bits per heavy atom. The lowest BCUT2D eigenvalue weighted by Crippen LogP contribution is -2.45. The van der Waals surface area contributed by atoms with E-state index in [-0.39, 0.29) is 11.9 Å². The Morgan fingerprint density at radius 1 is 1.41 bits per heavy atom. The van der Waals surface area contributed by atoms with Gasteiger partial charge in [-0.05, 0) is 61.3 Å². The predicted molar refractivity (Wildman–Crippen MR) is 95.4 cm³/mol. The molecule has 1 saturated carbocycles. The van der Waals surface area contributed by atoms with Crippen LogP contribution in [0.25, 0.3) is 0 Å². The summed E-state index contributed by atoms with van der Waals surface area (Å²) in [6.07, 6.45) is 6.13. The molecule has 1 aromatic carbocycles. The molecule has 0 saturated heterocycles. The molecule has 0 unspecified atom stereocenters. The summed E-state index contributed by atoms with van der Waals surface area (Å²) in [5, 5.41) is 0.744. The van der Waals surface area contributed by atoms with Crippen LogP contribution in [0.15, 0.2) is 24.3 Å². The molecular weight excluding hydrogens is 316 g/mol. The van der Waals surface area contributed by atoms with Crippen LogP contribution < -0.4 is 5.73 Å². The molecule has 1 aliphatic rings. The molecule has 3 nitrogen and oxygen atoms in total. The molecule has 5 heteroatoms. The van der Waals surface area contributed by atoms with Crippen molar-refractivity contribution >= 4 is 29.3 Å². The smallest absolute Gasteiger partial charge is 0.239 e. The zero-order chi connectivity index (χ0) is 15.9. The van der Waals surface area contributed by atoms with Crippen molar-refractivity contribution in [1.29, 1.82) is 0 Å². The van der Waals surface area contributed by atoms with E-state index in [2.05, 4.69) is 0 Å². The highest BCUT2D eigenvalue weighted by Crippen LogP contribution is 2.30. The summed E-state index contributed by atoms with van der Waals surface area (Å²) >= 11 is 7.64. The molecule has 1 amide bonds. The highest BCUT2D eigenvalue weighted by molar-refractivity contribution is 7.98. The topological polar surface area (TPSA) is 46.3 Å². The van der Waals surface area contributed by atoms with Crippen LogP contribution in [0, 0.1) is 5.92 Å². The van der Waals surface area contributed by atoms with Crippen molar-refractivity contribution in [3.63, 3.8) is 0 Å². The minimum absolute atomic E-state index is 0.106. The first-order chi connectivity index (χ1) is 10.6. The van der Waals surface area contributed by atoms with E-state index in [1.807, 2.05) is 35.4 Å². The van der Waals surface area contributed by atoms with Crippen LogP contribution in [0.2, 0.25) is 5.02 Å². The molecule has 22 heavy (non-hydrogen) atoms. The molecule has 0 radical (unpaired) electrons. The summed E-state index contributed by atoms with van der Waals surface area (Å²) in [7, 11) is 0. The Kier molecular flexibility index (Phi) is 7.06. The molecule has 0 aliphatic heterocycles. The van der Waals surface area contributed by atoms with E-state index in [4.69, 9.17) is 17.3 Å². The number of hydrogen-bond acceptors (Lipinski definition) is 3. The molecule has 2 rings (SSSR count). The third kappa shape index (κ3) is 5.82. The molecule has 0 aromatic heterocycles. The molecule has 122 valence electrons. The van der Waals surface area contributed by atoms with Gasteiger partial charge in [0.25, 0.3) is 0 Å². The maximum absolute atomic E-state index is 12.6. The lowest BCUT2D eigenvalue weighted by molar-refractivity contribution is -0.132. The van der Waals surface area contributed by atoms with E-state index in [0.717, 1.165) is 36.7 Å². The zero-order valence-electron chi connectivity index (χ0n) is 13.1. The Bertz CT molecular complexity index is 476. The van der Waals surface area contributed by atoms with Crippen LogP contribution in [0.4, 0.5) is 0 Å². The Morgan fingerprint density at radius 2 is 2.09 bits per heavy atom. The molecule has 1 aromatic rings. The van der Waals surface area contributed by atoms with Crippen molar-refractivity contribution < 1.29 is 4.79 Å². The van der Waals surface area contributed by atoms with Crippen molar-refractivity contribution in [2.45, 2.75) is 31.7 Å². The number of carbonyl (C=O) groups excluding carboxylic acids is 1. The Labute approximate surface area is 142 Å². The summed E-state index contributed by atoms with van der Waals surface area (Å²) in [6, 6.07) is 7.48. The van der Waals surface area contributed by atoms with Gasteiger partial charge >= 0.3 is 0 Å². The van der Waals surface area contributed by atoms with E-state index in [9.17, 15) is 4.79 Å². The van der Waals surface area contributed by atoms with Gasteiger partial charge in [-0.1, -0.05) is 23.7 Å². The molecule has 1 fully saturated rings. The molecular formula is C17H25ClN2OS. The largest absolute Gasteiger partial charge is 0.341 e. The van der Waals surface area contributed by atoms with Crippen LogP contribution in [0.3, 0.4) is 0 Å². The first-order valence-electron chi connectivity index (χ1n) is 7.88. The van der Waals surface area contributed by atoms with Crippen LogP contribution >= 0.6 is 23.4 Å². The van der Waals surface area contributed by atoms with Crippen LogP contribution in [-0.4, -0.2) is 41.9 Å². The zero-order valence-corrected chi connectivity index (χ0v) is 14.7. The van der Waals surface area contributed by atoms with Gasteiger partial charge in [-0.15, -0.1) is 0 Å². The van der Waals surface area contributed by atoms with Gasteiger partial charge < -0.3 is 10.6 Å². The molecule has 0 heterocycles. The third-order valence-electron chi connectivity index (χ3n) is 4.02. The van der Waals surface area contributed by atoms with Gasteiger partial charge in [-0.25, -0.2) is 0 Å². The predicted octanol–water partition coefficient (Wildman–Crippen LogP) is 3.20. The lowest BCUT2D eigenvalue weighted by Gasteiger charge is -2.26. The first kappa shape index (κ1) is 17.6. The van der Waals surface area contributed by atoms with E-state index in [1.54, 1.807) is 11.8 Å². The van der Waals surface area contributed by atoms with E-state index >= 15 is 0 Å². The third-order valence-corrected chi connectivity index (χ3v) is 4.92. The fourth-order valence-corrected chi connectivity index (χ4v) is 3.04. The second-order valence-corrected chi connectivity index (χ2v) is 7.41. The van der Waals surface area contributed by atoms with E-state index in [1.165, 1.54) is 18.4 Å². The van der Waals surface area contributed by atoms with Gasteiger partial charge in [0, 0.05) is 18.1 Å². The van der Waals surface area contributed by atoms with Gasteiger partial charge in [-0.2, -0.15) is 11.8 Å². The Hall–Kier alpha value is -0.710. The number of carbonyl (C=O) groups is 1. The van der Waals surface area contributed by atoms with E-state index < -0.39 is 0 Å². The average molecular weight is 341 g/mol. The van der Waals surface area contributed by atoms with Gasteiger partial charge in [-0.3, -0.25) is 4.79 Å². The number of nitrogens with zero attached hydrogens (tertiary/aromatic N) is 1. The number of hydrogen-bond donors (Lipinski definition) is 1. The Balaban J connectivity index is 1.90. The van der Waals surface area contributed by atoms with Crippen LogP contribution in [0.5, 0.6) is 0 Å². The second kappa shape index (κ2) is 8.80. The normalized spacial score (nSPS) is 15.6. The summed E-state index contributed by atoms with van der Waals surface area (Å²) in [6.45, 7) is 1.60. The number of rotatable bonds is 9. The molecule has 1 atom stereocenters. The molecule has 2 N–H and O–H groups in total. The van der Waals surface area contributed by atoms with Crippen molar-refractivity contribution in [1.82, 2.24) is 4.90 Å². The van der Waals surface area contributed by atoms with Crippen molar-refractivity contribution in [2.24, 2.45) is 11.7 Å². The highest BCUT2D eigenvalue weighted by Gasteiger charge is 2.28. The lowest BCUT2D eigenvalue weighted by atomic mass is 10.1. The number of nitrogens with two attached hydrogens (primary N) is 1. The second-order valence-electron chi connectivity index (χ2n) is 5.99. The van der Waals surface area contributed by atoms with Gasteiger partial charge in [0.2, 0.25) is 5.91 Å². The van der Waals surface area contributed by atoms with Gasteiger partial charge in [0.15, 0.2) is 0 Å². The highest BCUT2D eigenvalue weighted by atomic mass is 35.5. The van der Waals surface area contributed by atoms with Crippen molar-refractivity contribution in [3.05, 3.63) is 34.9 Å². The maximum Gasteiger partial charge on any atom is 0.239 e. The van der Waals surface area contributed by atoms with Crippen LogP contribution in [0.1, 0.15) is 24.8 Å². The van der Waals surface area contributed by atoms with Gasteiger partial charge in [0.05, 0.1) is 6.04 Å². The molecule has 0 bridgehead atoms. The first-order valence-corrected chi connectivity index (χ1v) is 9.65. The van der Waals surface area contributed by atoms with Crippen molar-refractivity contribution in [3.8, 4) is 0 Å². The number of halogens is 1. The fraction of sp³-hybridized carbons (Fsp3) is 0.588. The van der Waals surface area contributed by atoms with E-state index in [0.29, 0.717) is 5.92 Å². The van der Waals surface area contributed by atoms with Crippen LogP contribution in [-0.2, 0) is 11.2 Å². The number of thioether (sulfide) groups is 1. The average Bonchev–Trinajstić information content (AvgIpc) is 3.34. The van der Waals surface area contributed by atoms with Crippen molar-refractivity contribution in [2.75, 3.05) is 25.1 Å². The number of benzene rings is 1. The maximum atomic E-state index is 12.6. The summed E-state index contributed by atoms with van der Waals surface area (Å²) in [4.78, 5) is 14.5. The minimum atomic E-state index is -0.364. The summed E-state index contributed by atoms with van der Waals surface area (Å²) < 4.78 is 0. The standard InChI is InChI=1S/C17H25ClN2OS/c1-22-11-9-16(19)17(21)20(12-14-2-3-14)10-8-13-4-6-15(18)7-5-13/h4-7,14,16H,2-3,8-12,19H2,1H3/t16-/m0/s1. The number of amides is 1. The minimum Gasteiger partial charge on any atom is -0.341 e. The molecule has 1 aliphatic carbocycles. The monoisotopic (exact) mass is 340 g/mol. The quantitative estimate of drug-likeness (QED) is 0.751. The summed E-state index contributed by atoms with van der Waals surface area (Å²) in [5.74, 6) is 1.72. The summed E-state index contributed by atoms with van der Waals surface area (Å²) in [5.41, 5.74) is 7.27. The fourth-order valence-electron chi connectivity index (χ4n) is 2.42. The van der Waals surface area contributed by atoms with Gasteiger partial charge in [0.1, 0.15) is 0 Å². The molecule has 0 spiro atoms. The SMILES string of the molecule is CSCC[C@H](N)C(=O)N(CCc1ccc(Cl)cc1)CC1CC1.